The molecule has 2 rings (SSSR count). The highest BCUT2D eigenvalue weighted by Gasteiger charge is 2.06. The first-order chi connectivity index (χ1) is 8.06. The van der Waals surface area contributed by atoms with Crippen LogP contribution in [0.5, 0.6) is 0 Å². The van der Waals surface area contributed by atoms with E-state index < -0.39 is 0 Å². The predicted molar refractivity (Wildman–Crippen MR) is 71.5 cm³/mol. The van der Waals surface area contributed by atoms with Crippen LogP contribution in [0.4, 0.5) is 11.4 Å². The van der Waals surface area contributed by atoms with Crippen LogP contribution in [0.3, 0.4) is 0 Å². The summed E-state index contributed by atoms with van der Waals surface area (Å²) in [7, 11) is 0. The molecule has 0 saturated carbocycles. The summed E-state index contributed by atoms with van der Waals surface area (Å²) < 4.78 is 0. The molecule has 1 aromatic heterocycles. The third kappa shape index (κ3) is 3.00. The summed E-state index contributed by atoms with van der Waals surface area (Å²) in [4.78, 5) is 0. The minimum Gasteiger partial charge on any atom is -0.352 e. The molecule has 3 nitrogen and oxygen atoms in total. The number of hydrogen-bond donors (Lipinski definition) is 1. The zero-order chi connectivity index (χ0) is 12.4. The quantitative estimate of drug-likeness (QED) is 0.885. The first-order valence-electron chi connectivity index (χ1n) is 4.78. The molecule has 0 saturated heterocycles. The van der Waals surface area contributed by atoms with Crippen LogP contribution in [0.25, 0.3) is 0 Å². The number of nitrogens with zero attached hydrogens (tertiary/aromatic N) is 2. The van der Waals surface area contributed by atoms with Crippen molar-refractivity contribution in [1.29, 1.82) is 0 Å². The Labute approximate surface area is 114 Å². The summed E-state index contributed by atoms with van der Waals surface area (Å²) >= 11 is 17.7. The lowest BCUT2D eigenvalue weighted by molar-refractivity contribution is 1.03. The molecular weight excluding hydrogens is 281 g/mol. The number of halogens is 3. The Kier molecular flexibility index (Phi) is 3.72. The van der Waals surface area contributed by atoms with Gasteiger partial charge in [-0.05, 0) is 24.6 Å². The SMILES string of the molecule is Cc1ccc(Nc2cc(Cl)nnc2Cl)c(Cl)c1. The normalized spacial score (nSPS) is 10.4. The van der Waals surface area contributed by atoms with Crippen LogP contribution in [-0.4, -0.2) is 10.2 Å². The van der Waals surface area contributed by atoms with Gasteiger partial charge in [-0.25, -0.2) is 0 Å². The van der Waals surface area contributed by atoms with Gasteiger partial charge in [-0.1, -0.05) is 40.9 Å². The van der Waals surface area contributed by atoms with Crippen molar-refractivity contribution in [1.82, 2.24) is 10.2 Å². The average Bonchev–Trinajstić information content (AvgIpc) is 2.27. The summed E-state index contributed by atoms with van der Waals surface area (Å²) in [5.74, 6) is 0. The molecule has 6 heteroatoms. The van der Waals surface area contributed by atoms with Gasteiger partial charge in [0, 0.05) is 6.07 Å². The lowest BCUT2D eigenvalue weighted by Crippen LogP contribution is -1.95. The molecular formula is C11H8Cl3N3. The van der Waals surface area contributed by atoms with Crippen molar-refractivity contribution >= 4 is 46.2 Å². The van der Waals surface area contributed by atoms with E-state index in [0.717, 1.165) is 11.3 Å². The predicted octanol–water partition coefficient (Wildman–Crippen LogP) is 4.49. The maximum atomic E-state index is 6.10. The number of aromatic nitrogens is 2. The molecule has 0 amide bonds. The van der Waals surface area contributed by atoms with Gasteiger partial charge in [0.05, 0.1) is 16.4 Å². The highest BCUT2D eigenvalue weighted by atomic mass is 35.5. The van der Waals surface area contributed by atoms with Gasteiger partial charge in [0.1, 0.15) is 0 Å². The van der Waals surface area contributed by atoms with E-state index in [1.807, 2.05) is 25.1 Å². The smallest absolute Gasteiger partial charge is 0.175 e. The van der Waals surface area contributed by atoms with Crippen LogP contribution in [-0.2, 0) is 0 Å². The molecule has 1 aromatic carbocycles. The maximum Gasteiger partial charge on any atom is 0.175 e. The van der Waals surface area contributed by atoms with Crippen LogP contribution in [0.15, 0.2) is 24.3 Å². The third-order valence-corrected chi connectivity index (χ3v) is 2.89. The monoisotopic (exact) mass is 287 g/mol. The van der Waals surface area contributed by atoms with Gasteiger partial charge in [-0.2, -0.15) is 0 Å². The molecule has 0 aliphatic carbocycles. The largest absolute Gasteiger partial charge is 0.352 e. The molecule has 88 valence electrons. The van der Waals surface area contributed by atoms with Gasteiger partial charge < -0.3 is 5.32 Å². The molecule has 0 atom stereocenters. The number of nitrogens with one attached hydrogen (secondary N) is 1. The van der Waals surface area contributed by atoms with Crippen molar-refractivity contribution in [3.8, 4) is 0 Å². The van der Waals surface area contributed by atoms with E-state index >= 15 is 0 Å². The molecule has 0 aliphatic rings. The second kappa shape index (κ2) is 5.08. The van der Waals surface area contributed by atoms with Crippen LogP contribution in [0, 0.1) is 6.92 Å². The third-order valence-electron chi connectivity index (χ3n) is 2.11. The number of anilines is 2. The van der Waals surface area contributed by atoms with E-state index in [9.17, 15) is 0 Å². The Hall–Kier alpha value is -1.03. The lowest BCUT2D eigenvalue weighted by Gasteiger charge is -2.09. The first kappa shape index (κ1) is 12.4. The van der Waals surface area contributed by atoms with E-state index in [-0.39, 0.29) is 10.3 Å². The van der Waals surface area contributed by atoms with Gasteiger partial charge >= 0.3 is 0 Å². The molecule has 0 fully saturated rings. The number of hydrogen-bond acceptors (Lipinski definition) is 3. The standard InChI is InChI=1S/C11H8Cl3N3/c1-6-2-3-8(7(12)4-6)15-9-5-10(13)16-17-11(9)14/h2-5H,1H3,(H,15,16). The van der Waals surface area contributed by atoms with E-state index in [1.165, 1.54) is 0 Å². The van der Waals surface area contributed by atoms with E-state index in [4.69, 9.17) is 34.8 Å². The Morgan fingerprint density at radius 2 is 1.76 bits per heavy atom. The second-order valence-corrected chi connectivity index (χ2v) is 4.63. The molecule has 0 unspecified atom stereocenters. The van der Waals surface area contributed by atoms with Crippen LogP contribution in [0.2, 0.25) is 15.3 Å². The summed E-state index contributed by atoms with van der Waals surface area (Å²) in [5.41, 5.74) is 2.39. The minimum atomic E-state index is 0.242. The fourth-order valence-electron chi connectivity index (χ4n) is 1.31. The average molecular weight is 289 g/mol. The van der Waals surface area contributed by atoms with Gasteiger partial charge in [0.15, 0.2) is 10.3 Å². The van der Waals surface area contributed by atoms with E-state index in [0.29, 0.717) is 10.7 Å². The number of benzene rings is 1. The van der Waals surface area contributed by atoms with Crippen molar-refractivity contribution in [2.75, 3.05) is 5.32 Å². The Balaban J connectivity index is 2.34. The first-order valence-corrected chi connectivity index (χ1v) is 5.91. The number of aryl methyl sites for hydroxylation is 1. The summed E-state index contributed by atoms with van der Waals surface area (Å²) in [5, 5.41) is 11.5. The summed E-state index contributed by atoms with van der Waals surface area (Å²) in [6.45, 7) is 1.97. The van der Waals surface area contributed by atoms with Crippen LogP contribution in [0.1, 0.15) is 5.56 Å². The summed E-state index contributed by atoms with van der Waals surface area (Å²) in [6.07, 6.45) is 0. The molecule has 1 N–H and O–H groups in total. The van der Waals surface area contributed by atoms with E-state index in [1.54, 1.807) is 6.07 Å². The molecule has 0 spiro atoms. The highest BCUT2D eigenvalue weighted by Crippen LogP contribution is 2.29. The van der Waals surface area contributed by atoms with Crippen molar-refractivity contribution in [2.45, 2.75) is 6.92 Å². The lowest BCUT2D eigenvalue weighted by atomic mass is 10.2. The Bertz CT molecular complexity index is 558. The second-order valence-electron chi connectivity index (χ2n) is 3.48. The van der Waals surface area contributed by atoms with Gasteiger partial charge in [-0.3, -0.25) is 0 Å². The van der Waals surface area contributed by atoms with Crippen molar-refractivity contribution < 1.29 is 0 Å². The van der Waals surface area contributed by atoms with Crippen molar-refractivity contribution in [2.24, 2.45) is 0 Å². The molecule has 0 radical (unpaired) electrons. The molecule has 17 heavy (non-hydrogen) atoms. The zero-order valence-electron chi connectivity index (χ0n) is 8.84. The van der Waals surface area contributed by atoms with Crippen LogP contribution >= 0.6 is 34.8 Å². The summed E-state index contributed by atoms with van der Waals surface area (Å²) in [6, 6.07) is 7.25. The Morgan fingerprint density at radius 1 is 1.00 bits per heavy atom. The topological polar surface area (TPSA) is 37.8 Å². The fourth-order valence-corrected chi connectivity index (χ4v) is 1.88. The van der Waals surface area contributed by atoms with Gasteiger partial charge in [0.2, 0.25) is 0 Å². The zero-order valence-corrected chi connectivity index (χ0v) is 11.1. The Morgan fingerprint density at radius 3 is 2.47 bits per heavy atom. The molecule has 2 aromatic rings. The maximum absolute atomic E-state index is 6.10. The van der Waals surface area contributed by atoms with Crippen molar-refractivity contribution in [3.63, 3.8) is 0 Å². The van der Waals surface area contributed by atoms with Crippen LogP contribution < -0.4 is 5.32 Å². The van der Waals surface area contributed by atoms with E-state index in [2.05, 4.69) is 15.5 Å². The molecule has 0 bridgehead atoms. The van der Waals surface area contributed by atoms with Gasteiger partial charge in [0.25, 0.3) is 0 Å². The minimum absolute atomic E-state index is 0.242. The van der Waals surface area contributed by atoms with Crippen molar-refractivity contribution in [3.05, 3.63) is 45.2 Å². The molecule has 1 heterocycles. The fraction of sp³-hybridized carbons (Fsp3) is 0.0909. The molecule has 0 aliphatic heterocycles. The van der Waals surface area contributed by atoms with Gasteiger partial charge in [-0.15, -0.1) is 10.2 Å². The highest BCUT2D eigenvalue weighted by molar-refractivity contribution is 6.35. The number of rotatable bonds is 2.